The zero-order valence-electron chi connectivity index (χ0n) is 9.62. The number of methoxy groups -OCH3 is 1. The lowest BCUT2D eigenvalue weighted by atomic mass is 9.80. The van der Waals surface area contributed by atoms with Gasteiger partial charge in [0.25, 0.3) is 0 Å². The van der Waals surface area contributed by atoms with E-state index in [1.807, 2.05) is 0 Å². The molecule has 0 spiro atoms. The van der Waals surface area contributed by atoms with Crippen LogP contribution >= 0.6 is 0 Å². The smallest absolute Gasteiger partial charge is 0.406 e. The van der Waals surface area contributed by atoms with Gasteiger partial charge >= 0.3 is 12.1 Å². The van der Waals surface area contributed by atoms with Crippen LogP contribution in [0.2, 0.25) is 0 Å². The Labute approximate surface area is 95.2 Å². The molecule has 5 nitrogen and oxygen atoms in total. The minimum absolute atomic E-state index is 0.162. The van der Waals surface area contributed by atoms with Gasteiger partial charge in [-0.15, -0.1) is 0 Å². The van der Waals surface area contributed by atoms with E-state index in [0.717, 1.165) is 25.7 Å². The van der Waals surface area contributed by atoms with Crippen LogP contribution in [0.4, 0.5) is 4.79 Å². The largest absolute Gasteiger partial charge is 0.481 e. The van der Waals surface area contributed by atoms with Gasteiger partial charge in [-0.05, 0) is 12.8 Å². The van der Waals surface area contributed by atoms with Crippen molar-refractivity contribution in [3.05, 3.63) is 0 Å². The third kappa shape index (κ3) is 3.12. The minimum Gasteiger partial charge on any atom is -0.481 e. The van der Waals surface area contributed by atoms with Gasteiger partial charge in [-0.25, -0.2) is 4.79 Å². The predicted molar refractivity (Wildman–Crippen MR) is 58.2 cm³/mol. The summed E-state index contributed by atoms with van der Waals surface area (Å²) in [6, 6.07) is 0. The van der Waals surface area contributed by atoms with Crippen molar-refractivity contribution in [3.63, 3.8) is 0 Å². The number of carboxylic acid groups (broad SMARTS) is 1. The molecule has 1 fully saturated rings. The first-order chi connectivity index (χ1) is 7.60. The molecule has 2 N–H and O–H groups in total. The molecule has 1 aliphatic rings. The molecule has 0 aromatic rings. The first-order valence-electron chi connectivity index (χ1n) is 5.66. The number of carboxylic acids is 1. The van der Waals surface area contributed by atoms with Gasteiger partial charge in [-0.3, -0.25) is 4.79 Å². The van der Waals surface area contributed by atoms with Crippen molar-refractivity contribution in [2.24, 2.45) is 5.41 Å². The SMILES string of the molecule is COC(=O)NCC1(C(=O)O)CCCCCC1. The van der Waals surface area contributed by atoms with Crippen molar-refractivity contribution in [1.82, 2.24) is 5.32 Å². The molecule has 0 bridgehead atoms. The molecule has 1 aliphatic carbocycles. The fraction of sp³-hybridized carbons (Fsp3) is 0.818. The number of rotatable bonds is 3. The van der Waals surface area contributed by atoms with E-state index in [9.17, 15) is 14.7 Å². The number of carbonyl (C=O) groups is 2. The highest BCUT2D eigenvalue weighted by Crippen LogP contribution is 2.34. The van der Waals surface area contributed by atoms with Crippen LogP contribution in [-0.4, -0.2) is 30.8 Å². The average molecular weight is 229 g/mol. The number of carbonyl (C=O) groups excluding carboxylic acids is 1. The highest BCUT2D eigenvalue weighted by Gasteiger charge is 2.38. The number of aliphatic carboxylic acids is 1. The van der Waals surface area contributed by atoms with E-state index in [4.69, 9.17) is 0 Å². The Morgan fingerprint density at radius 1 is 1.25 bits per heavy atom. The summed E-state index contributed by atoms with van der Waals surface area (Å²) in [5, 5.41) is 11.8. The van der Waals surface area contributed by atoms with Crippen LogP contribution in [0.3, 0.4) is 0 Å². The van der Waals surface area contributed by atoms with Crippen LogP contribution in [0.1, 0.15) is 38.5 Å². The Morgan fingerprint density at radius 2 is 1.81 bits per heavy atom. The lowest BCUT2D eigenvalue weighted by Gasteiger charge is -2.27. The molecule has 1 saturated carbocycles. The lowest BCUT2D eigenvalue weighted by molar-refractivity contribution is -0.149. The van der Waals surface area contributed by atoms with Crippen molar-refractivity contribution < 1.29 is 19.4 Å². The van der Waals surface area contributed by atoms with E-state index in [2.05, 4.69) is 10.1 Å². The van der Waals surface area contributed by atoms with Gasteiger partial charge in [0, 0.05) is 6.54 Å². The second-order valence-corrected chi connectivity index (χ2v) is 4.34. The van der Waals surface area contributed by atoms with E-state index in [1.165, 1.54) is 7.11 Å². The summed E-state index contributed by atoms with van der Waals surface area (Å²) in [7, 11) is 1.27. The molecule has 0 saturated heterocycles. The summed E-state index contributed by atoms with van der Waals surface area (Å²) in [4.78, 5) is 22.3. The number of hydrogen-bond donors (Lipinski definition) is 2. The van der Waals surface area contributed by atoms with Gasteiger partial charge in [0.05, 0.1) is 12.5 Å². The van der Waals surface area contributed by atoms with Crippen molar-refractivity contribution in [3.8, 4) is 0 Å². The Morgan fingerprint density at radius 3 is 2.25 bits per heavy atom. The van der Waals surface area contributed by atoms with Crippen LogP contribution in [0.25, 0.3) is 0 Å². The molecule has 0 radical (unpaired) electrons. The van der Waals surface area contributed by atoms with Crippen LogP contribution in [-0.2, 0) is 9.53 Å². The standard InChI is InChI=1S/C11H19NO4/c1-16-10(15)12-8-11(9(13)14)6-4-2-3-5-7-11/h2-8H2,1H3,(H,12,15)(H,13,14). The van der Waals surface area contributed by atoms with Gasteiger partial charge in [0.1, 0.15) is 0 Å². The molecular formula is C11H19NO4. The summed E-state index contributed by atoms with van der Waals surface area (Å²) in [5.74, 6) is -0.814. The average Bonchev–Trinajstić information content (AvgIpc) is 2.52. The van der Waals surface area contributed by atoms with Gasteiger partial charge in [-0.2, -0.15) is 0 Å². The number of alkyl carbamates (subject to hydrolysis) is 1. The van der Waals surface area contributed by atoms with Gasteiger partial charge in [0.15, 0.2) is 0 Å². The second-order valence-electron chi connectivity index (χ2n) is 4.34. The number of ether oxygens (including phenoxy) is 1. The zero-order chi connectivity index (χ0) is 12.0. The molecule has 0 unspecified atom stereocenters. The summed E-state index contributed by atoms with van der Waals surface area (Å²) in [6.45, 7) is 0.162. The van der Waals surface area contributed by atoms with Crippen molar-refractivity contribution in [2.45, 2.75) is 38.5 Å². The Bertz CT molecular complexity index is 257. The third-order valence-electron chi connectivity index (χ3n) is 3.27. The molecular weight excluding hydrogens is 210 g/mol. The number of amides is 1. The van der Waals surface area contributed by atoms with E-state index >= 15 is 0 Å². The molecule has 0 atom stereocenters. The molecule has 16 heavy (non-hydrogen) atoms. The molecule has 0 heterocycles. The Hall–Kier alpha value is -1.26. The topological polar surface area (TPSA) is 75.6 Å². The maximum Gasteiger partial charge on any atom is 0.406 e. The first kappa shape index (κ1) is 12.8. The van der Waals surface area contributed by atoms with Crippen molar-refractivity contribution >= 4 is 12.1 Å². The van der Waals surface area contributed by atoms with E-state index in [1.54, 1.807) is 0 Å². The Kier molecular flexibility index (Phi) is 4.58. The highest BCUT2D eigenvalue weighted by atomic mass is 16.5. The number of hydrogen-bond acceptors (Lipinski definition) is 3. The van der Waals surface area contributed by atoms with Gasteiger partial charge < -0.3 is 15.2 Å². The lowest BCUT2D eigenvalue weighted by Crippen LogP contribution is -2.42. The molecule has 5 heteroatoms. The van der Waals surface area contributed by atoms with Gasteiger partial charge in [0.2, 0.25) is 0 Å². The zero-order valence-corrected chi connectivity index (χ0v) is 9.62. The van der Waals surface area contributed by atoms with E-state index in [0.29, 0.717) is 12.8 Å². The summed E-state index contributed by atoms with van der Waals surface area (Å²) >= 11 is 0. The maximum atomic E-state index is 11.3. The molecule has 92 valence electrons. The van der Waals surface area contributed by atoms with Crippen molar-refractivity contribution in [2.75, 3.05) is 13.7 Å². The van der Waals surface area contributed by atoms with Gasteiger partial charge in [-0.1, -0.05) is 25.7 Å². The molecule has 0 aromatic heterocycles. The van der Waals surface area contributed by atoms with Crippen LogP contribution in [0, 0.1) is 5.41 Å². The summed E-state index contributed by atoms with van der Waals surface area (Å²) < 4.78 is 4.45. The summed E-state index contributed by atoms with van der Waals surface area (Å²) in [6.07, 6.45) is 4.67. The monoisotopic (exact) mass is 229 g/mol. The highest BCUT2D eigenvalue weighted by molar-refractivity contribution is 5.76. The Balaban J connectivity index is 2.63. The first-order valence-corrected chi connectivity index (χ1v) is 5.66. The normalized spacial score (nSPS) is 19.6. The minimum atomic E-state index is -0.814. The molecule has 1 rings (SSSR count). The third-order valence-corrected chi connectivity index (χ3v) is 3.27. The fourth-order valence-electron chi connectivity index (χ4n) is 2.19. The maximum absolute atomic E-state index is 11.3. The van der Waals surface area contributed by atoms with Crippen LogP contribution in [0.5, 0.6) is 0 Å². The van der Waals surface area contributed by atoms with E-state index < -0.39 is 17.5 Å². The molecule has 1 amide bonds. The molecule has 0 aromatic carbocycles. The quantitative estimate of drug-likeness (QED) is 0.723. The fourth-order valence-corrected chi connectivity index (χ4v) is 2.19. The summed E-state index contributed by atoms with van der Waals surface area (Å²) in [5.41, 5.74) is -0.801. The number of nitrogens with one attached hydrogen (secondary N) is 1. The van der Waals surface area contributed by atoms with Crippen molar-refractivity contribution in [1.29, 1.82) is 0 Å². The molecule has 0 aliphatic heterocycles. The van der Waals surface area contributed by atoms with E-state index in [-0.39, 0.29) is 6.54 Å². The van der Waals surface area contributed by atoms with Crippen LogP contribution in [0.15, 0.2) is 0 Å². The second kappa shape index (κ2) is 5.72. The predicted octanol–water partition coefficient (Wildman–Crippen LogP) is 1.77. The van der Waals surface area contributed by atoms with Crippen LogP contribution < -0.4 is 5.32 Å².